The van der Waals surface area contributed by atoms with E-state index < -0.39 is 0 Å². The first kappa shape index (κ1) is 18.3. The Morgan fingerprint density at radius 2 is 2.08 bits per heavy atom. The zero-order chi connectivity index (χ0) is 17.8. The van der Waals surface area contributed by atoms with Gasteiger partial charge in [-0.15, -0.1) is 0 Å². The summed E-state index contributed by atoms with van der Waals surface area (Å²) in [4.78, 5) is 28.1. The monoisotopic (exact) mass is 361 g/mol. The lowest BCUT2D eigenvalue weighted by Crippen LogP contribution is -2.46. The molecule has 1 saturated heterocycles. The third-order valence-corrected chi connectivity index (χ3v) is 6.04. The Kier molecular flexibility index (Phi) is 6.02. The molecule has 1 aromatic carbocycles. The zero-order valence-electron chi connectivity index (χ0n) is 15.0. The molecule has 2 heterocycles. The van der Waals surface area contributed by atoms with Crippen LogP contribution in [0.25, 0.3) is 0 Å². The van der Waals surface area contributed by atoms with Crippen LogP contribution in [0, 0.1) is 5.92 Å². The first-order chi connectivity index (χ1) is 12.0. The molecule has 0 saturated carbocycles. The number of likely N-dealkylation sites (tertiary alicyclic amines) is 1. The Hall–Kier alpha value is -1.53. The number of thioether (sulfide) groups is 1. The molecule has 0 aromatic heterocycles. The van der Waals surface area contributed by atoms with Crippen LogP contribution >= 0.6 is 11.8 Å². The summed E-state index contributed by atoms with van der Waals surface area (Å²) in [5.41, 5.74) is 1.35. The molecule has 2 aliphatic rings. The fraction of sp³-hybridized carbons (Fsp3) is 0.579. The van der Waals surface area contributed by atoms with Crippen molar-refractivity contribution in [3.05, 3.63) is 23.8 Å². The molecular formula is C19H27N3O2S. The van der Waals surface area contributed by atoms with E-state index in [-0.39, 0.29) is 17.2 Å². The van der Waals surface area contributed by atoms with Crippen molar-refractivity contribution in [1.29, 1.82) is 0 Å². The van der Waals surface area contributed by atoms with Crippen molar-refractivity contribution in [3.8, 4) is 0 Å². The summed E-state index contributed by atoms with van der Waals surface area (Å²) in [5.74, 6) is 0.504. The van der Waals surface area contributed by atoms with Crippen LogP contribution in [-0.4, -0.2) is 41.7 Å². The second-order valence-corrected chi connectivity index (χ2v) is 8.33. The molecule has 1 fully saturated rings. The molecule has 6 heteroatoms. The molecule has 2 aliphatic heterocycles. The van der Waals surface area contributed by atoms with Crippen molar-refractivity contribution in [2.75, 3.05) is 25.0 Å². The van der Waals surface area contributed by atoms with Gasteiger partial charge in [0.15, 0.2) is 0 Å². The van der Waals surface area contributed by atoms with Crippen molar-refractivity contribution in [3.63, 3.8) is 0 Å². The van der Waals surface area contributed by atoms with Gasteiger partial charge in [-0.2, -0.15) is 0 Å². The molecule has 2 N–H and O–H groups in total. The maximum Gasteiger partial charge on any atom is 0.252 e. The van der Waals surface area contributed by atoms with Gasteiger partial charge in [0, 0.05) is 17.0 Å². The molecule has 1 aromatic rings. The molecule has 0 spiro atoms. The average Bonchev–Trinajstić information content (AvgIpc) is 2.61. The topological polar surface area (TPSA) is 61.4 Å². The van der Waals surface area contributed by atoms with Crippen LogP contribution in [-0.2, 0) is 4.79 Å². The molecule has 1 atom stereocenters. The highest BCUT2D eigenvalue weighted by molar-refractivity contribution is 8.00. The molecule has 3 rings (SSSR count). The number of hydrogen-bond acceptors (Lipinski definition) is 4. The average molecular weight is 362 g/mol. The van der Waals surface area contributed by atoms with E-state index in [1.807, 2.05) is 12.1 Å². The fourth-order valence-corrected chi connectivity index (χ4v) is 4.36. The lowest BCUT2D eigenvalue weighted by atomic mass is 10.1. The Morgan fingerprint density at radius 3 is 2.80 bits per heavy atom. The van der Waals surface area contributed by atoms with Crippen molar-refractivity contribution >= 4 is 29.3 Å². The minimum absolute atomic E-state index is 0.0248. The molecule has 1 unspecified atom stereocenters. The molecule has 0 bridgehead atoms. The second kappa shape index (κ2) is 8.23. The number of nitrogens with one attached hydrogen (secondary N) is 2. The maximum absolute atomic E-state index is 12.5. The van der Waals surface area contributed by atoms with E-state index in [1.54, 1.807) is 17.8 Å². The third-order valence-electron chi connectivity index (χ3n) is 4.69. The SMILES string of the molecule is CC(C)CCNC(=O)c1ccc2c(c1)NC(=O)C(N1CCCCC1)S2. The Balaban J connectivity index is 1.66. The van der Waals surface area contributed by atoms with Crippen LogP contribution in [0.1, 0.15) is 49.9 Å². The summed E-state index contributed by atoms with van der Waals surface area (Å²) in [6, 6.07) is 5.59. The summed E-state index contributed by atoms with van der Waals surface area (Å²) in [7, 11) is 0. The molecule has 25 heavy (non-hydrogen) atoms. The van der Waals surface area contributed by atoms with E-state index in [2.05, 4.69) is 29.4 Å². The molecular weight excluding hydrogens is 334 g/mol. The summed E-state index contributed by atoms with van der Waals surface area (Å²) in [6.07, 6.45) is 4.53. The quantitative estimate of drug-likeness (QED) is 0.845. The van der Waals surface area contributed by atoms with Gasteiger partial charge in [-0.25, -0.2) is 0 Å². The number of fused-ring (bicyclic) bond motifs is 1. The number of rotatable bonds is 5. The standard InChI is InChI=1S/C19H27N3O2S/c1-13(2)8-9-20-17(23)14-6-7-16-15(12-14)21-18(24)19(25-16)22-10-4-3-5-11-22/h6-7,12-13,19H,3-5,8-11H2,1-2H3,(H,20,23)(H,21,24). The minimum atomic E-state index is -0.154. The normalized spacial score (nSPS) is 20.9. The van der Waals surface area contributed by atoms with Gasteiger partial charge in [-0.05, 0) is 56.5 Å². The maximum atomic E-state index is 12.5. The van der Waals surface area contributed by atoms with Gasteiger partial charge in [-0.3, -0.25) is 14.5 Å². The van der Waals surface area contributed by atoms with E-state index in [0.29, 0.717) is 18.0 Å². The molecule has 2 amide bonds. The van der Waals surface area contributed by atoms with Gasteiger partial charge in [-0.1, -0.05) is 32.0 Å². The van der Waals surface area contributed by atoms with Crippen LogP contribution in [0.15, 0.2) is 23.1 Å². The highest BCUT2D eigenvalue weighted by Gasteiger charge is 2.32. The summed E-state index contributed by atoms with van der Waals surface area (Å²) in [6.45, 7) is 6.91. The lowest BCUT2D eigenvalue weighted by Gasteiger charge is -2.35. The van der Waals surface area contributed by atoms with E-state index >= 15 is 0 Å². The fourth-order valence-electron chi connectivity index (χ4n) is 3.21. The van der Waals surface area contributed by atoms with Gasteiger partial charge >= 0.3 is 0 Å². The first-order valence-corrected chi connectivity index (χ1v) is 10.1. The van der Waals surface area contributed by atoms with Crippen LogP contribution in [0.3, 0.4) is 0 Å². The second-order valence-electron chi connectivity index (χ2n) is 7.21. The van der Waals surface area contributed by atoms with Gasteiger partial charge < -0.3 is 10.6 Å². The van der Waals surface area contributed by atoms with Crippen molar-refractivity contribution in [1.82, 2.24) is 10.2 Å². The van der Waals surface area contributed by atoms with Gasteiger partial charge in [0.25, 0.3) is 11.8 Å². The molecule has 136 valence electrons. The van der Waals surface area contributed by atoms with Crippen LogP contribution in [0.4, 0.5) is 5.69 Å². The van der Waals surface area contributed by atoms with Crippen molar-refractivity contribution < 1.29 is 9.59 Å². The predicted octanol–water partition coefficient (Wildman–Crippen LogP) is 3.32. The highest BCUT2D eigenvalue weighted by atomic mass is 32.2. The molecule has 5 nitrogen and oxygen atoms in total. The van der Waals surface area contributed by atoms with E-state index in [0.717, 1.165) is 42.9 Å². The summed E-state index contributed by atoms with van der Waals surface area (Å²) < 4.78 is 0. The third kappa shape index (κ3) is 4.55. The number of anilines is 1. The number of carbonyl (C=O) groups is 2. The van der Waals surface area contributed by atoms with Crippen molar-refractivity contribution in [2.45, 2.75) is 49.8 Å². The Labute approximate surface area is 153 Å². The van der Waals surface area contributed by atoms with E-state index in [1.165, 1.54) is 6.42 Å². The largest absolute Gasteiger partial charge is 0.352 e. The van der Waals surface area contributed by atoms with Gasteiger partial charge in [0.05, 0.1) is 5.69 Å². The summed E-state index contributed by atoms with van der Waals surface area (Å²) in [5, 5.41) is 5.78. The van der Waals surface area contributed by atoms with Crippen molar-refractivity contribution in [2.24, 2.45) is 5.92 Å². The zero-order valence-corrected chi connectivity index (χ0v) is 15.8. The molecule has 0 aliphatic carbocycles. The number of piperidine rings is 1. The van der Waals surface area contributed by atoms with Crippen LogP contribution < -0.4 is 10.6 Å². The van der Waals surface area contributed by atoms with E-state index in [4.69, 9.17) is 0 Å². The molecule has 0 radical (unpaired) electrons. The van der Waals surface area contributed by atoms with Gasteiger partial charge in [0.2, 0.25) is 0 Å². The number of amides is 2. The minimum Gasteiger partial charge on any atom is -0.352 e. The highest BCUT2D eigenvalue weighted by Crippen LogP contribution is 2.38. The number of benzene rings is 1. The van der Waals surface area contributed by atoms with Crippen LogP contribution in [0.5, 0.6) is 0 Å². The first-order valence-electron chi connectivity index (χ1n) is 9.18. The Morgan fingerprint density at radius 1 is 1.32 bits per heavy atom. The van der Waals surface area contributed by atoms with Crippen LogP contribution in [0.2, 0.25) is 0 Å². The number of nitrogens with zero attached hydrogens (tertiary/aromatic N) is 1. The summed E-state index contributed by atoms with van der Waals surface area (Å²) >= 11 is 1.60. The Bertz CT molecular complexity index is 642. The number of carbonyl (C=O) groups excluding carboxylic acids is 2. The smallest absolute Gasteiger partial charge is 0.252 e. The van der Waals surface area contributed by atoms with Gasteiger partial charge in [0.1, 0.15) is 5.37 Å². The van der Waals surface area contributed by atoms with E-state index in [9.17, 15) is 9.59 Å². The number of hydrogen-bond donors (Lipinski definition) is 2. The predicted molar refractivity (Wildman–Crippen MR) is 102 cm³/mol. The lowest BCUT2D eigenvalue weighted by molar-refractivity contribution is -0.118.